The molecule has 0 aromatic heterocycles. The van der Waals surface area contributed by atoms with Gasteiger partial charge in [0.05, 0.1) is 7.11 Å². The minimum Gasteiger partial charge on any atom is -0.496 e. The Morgan fingerprint density at radius 3 is 2.61 bits per heavy atom. The average Bonchev–Trinajstić information content (AvgIpc) is 2.46. The fraction of sp³-hybridized carbons (Fsp3) is 0.625. The third kappa shape index (κ3) is 2.86. The Morgan fingerprint density at radius 1 is 1.28 bits per heavy atom. The molecule has 0 saturated heterocycles. The van der Waals surface area contributed by atoms with Crippen LogP contribution >= 0.6 is 0 Å². The van der Waals surface area contributed by atoms with Gasteiger partial charge in [-0.3, -0.25) is 0 Å². The van der Waals surface area contributed by atoms with Crippen molar-refractivity contribution in [3.05, 3.63) is 29.3 Å². The molecule has 1 unspecified atom stereocenters. The summed E-state index contributed by atoms with van der Waals surface area (Å²) in [5.41, 5.74) is 2.56. The SMILES string of the molecule is COc1ccc(C2CCCCC2)cc1C(C)CO. The highest BCUT2D eigenvalue weighted by Gasteiger charge is 2.18. The number of hydrogen-bond donors (Lipinski definition) is 1. The highest BCUT2D eigenvalue weighted by atomic mass is 16.5. The van der Waals surface area contributed by atoms with E-state index in [1.54, 1.807) is 7.11 Å². The third-order valence-electron chi connectivity index (χ3n) is 4.14. The molecule has 0 aliphatic heterocycles. The maximum atomic E-state index is 9.35. The molecule has 0 spiro atoms. The van der Waals surface area contributed by atoms with E-state index in [0.29, 0.717) is 5.92 Å². The number of methoxy groups -OCH3 is 1. The smallest absolute Gasteiger partial charge is 0.122 e. The molecule has 1 aromatic carbocycles. The number of aliphatic hydroxyl groups excluding tert-OH is 1. The van der Waals surface area contributed by atoms with E-state index >= 15 is 0 Å². The summed E-state index contributed by atoms with van der Waals surface area (Å²) >= 11 is 0. The highest BCUT2D eigenvalue weighted by molar-refractivity contribution is 5.41. The van der Waals surface area contributed by atoms with Crippen LogP contribution in [0, 0.1) is 0 Å². The van der Waals surface area contributed by atoms with Crippen LogP contribution in [-0.2, 0) is 0 Å². The lowest BCUT2D eigenvalue weighted by Gasteiger charge is -2.24. The van der Waals surface area contributed by atoms with Crippen molar-refractivity contribution in [3.63, 3.8) is 0 Å². The minimum atomic E-state index is 0.142. The normalized spacial score (nSPS) is 18.6. The molecule has 1 fully saturated rings. The fourth-order valence-corrected chi connectivity index (χ4v) is 2.93. The summed E-state index contributed by atoms with van der Waals surface area (Å²) in [5, 5.41) is 9.35. The molecule has 0 bridgehead atoms. The molecule has 1 N–H and O–H groups in total. The summed E-state index contributed by atoms with van der Waals surface area (Å²) in [4.78, 5) is 0. The van der Waals surface area contributed by atoms with Gasteiger partial charge in [0.1, 0.15) is 5.75 Å². The predicted octanol–water partition coefficient (Wildman–Crippen LogP) is 3.84. The van der Waals surface area contributed by atoms with Crippen molar-refractivity contribution in [2.45, 2.75) is 50.9 Å². The molecule has 0 radical (unpaired) electrons. The van der Waals surface area contributed by atoms with Crippen LogP contribution in [0.5, 0.6) is 5.75 Å². The van der Waals surface area contributed by atoms with Gasteiger partial charge in [0.2, 0.25) is 0 Å². The Bertz CT molecular complexity index is 381. The van der Waals surface area contributed by atoms with Crippen LogP contribution in [-0.4, -0.2) is 18.8 Å². The first-order chi connectivity index (χ1) is 8.76. The van der Waals surface area contributed by atoms with Crippen molar-refractivity contribution in [2.75, 3.05) is 13.7 Å². The van der Waals surface area contributed by atoms with E-state index < -0.39 is 0 Å². The second kappa shape index (κ2) is 6.24. The van der Waals surface area contributed by atoms with Gasteiger partial charge in [-0.25, -0.2) is 0 Å². The van der Waals surface area contributed by atoms with Crippen molar-refractivity contribution < 1.29 is 9.84 Å². The summed E-state index contributed by atoms with van der Waals surface area (Å²) in [5.74, 6) is 1.74. The molecule has 2 heteroatoms. The molecule has 1 saturated carbocycles. The molecule has 2 rings (SSSR count). The quantitative estimate of drug-likeness (QED) is 0.877. The molecule has 2 nitrogen and oxygen atoms in total. The Kier molecular flexibility index (Phi) is 4.65. The topological polar surface area (TPSA) is 29.5 Å². The Balaban J connectivity index is 2.26. The zero-order chi connectivity index (χ0) is 13.0. The molecular formula is C16H24O2. The number of ether oxygens (including phenoxy) is 1. The maximum absolute atomic E-state index is 9.35. The number of aliphatic hydroxyl groups is 1. The summed E-state index contributed by atoms with van der Waals surface area (Å²) in [7, 11) is 1.70. The number of benzene rings is 1. The van der Waals surface area contributed by atoms with Gasteiger partial charge in [-0.1, -0.05) is 38.3 Å². The summed E-state index contributed by atoms with van der Waals surface area (Å²) in [6.45, 7) is 2.22. The standard InChI is InChI=1S/C16H24O2/c1-12(11-17)15-10-14(8-9-16(15)18-2)13-6-4-3-5-7-13/h8-10,12-13,17H,3-7,11H2,1-2H3. The van der Waals surface area contributed by atoms with Crippen LogP contribution in [0.1, 0.15) is 62.0 Å². The first-order valence-corrected chi connectivity index (χ1v) is 7.05. The lowest BCUT2D eigenvalue weighted by atomic mass is 9.82. The van der Waals surface area contributed by atoms with Gasteiger partial charge in [-0.15, -0.1) is 0 Å². The summed E-state index contributed by atoms with van der Waals surface area (Å²) in [6.07, 6.45) is 6.69. The predicted molar refractivity (Wildman–Crippen MR) is 74.3 cm³/mol. The zero-order valence-corrected chi connectivity index (χ0v) is 11.5. The van der Waals surface area contributed by atoms with Crippen molar-refractivity contribution in [3.8, 4) is 5.75 Å². The van der Waals surface area contributed by atoms with Gasteiger partial charge in [0.25, 0.3) is 0 Å². The average molecular weight is 248 g/mol. The molecule has 18 heavy (non-hydrogen) atoms. The minimum absolute atomic E-state index is 0.142. The molecule has 1 aliphatic carbocycles. The van der Waals surface area contributed by atoms with Crippen molar-refractivity contribution in [1.29, 1.82) is 0 Å². The zero-order valence-electron chi connectivity index (χ0n) is 11.5. The lowest BCUT2D eigenvalue weighted by Crippen LogP contribution is -2.07. The van der Waals surface area contributed by atoms with E-state index in [-0.39, 0.29) is 12.5 Å². The van der Waals surface area contributed by atoms with Crippen LogP contribution < -0.4 is 4.74 Å². The lowest BCUT2D eigenvalue weighted by molar-refractivity contribution is 0.269. The molecule has 0 amide bonds. The van der Waals surface area contributed by atoms with Gasteiger partial charge < -0.3 is 9.84 Å². The van der Waals surface area contributed by atoms with Crippen molar-refractivity contribution in [1.82, 2.24) is 0 Å². The molecular weight excluding hydrogens is 224 g/mol. The molecule has 1 aromatic rings. The highest BCUT2D eigenvalue weighted by Crippen LogP contribution is 2.36. The monoisotopic (exact) mass is 248 g/mol. The number of hydrogen-bond acceptors (Lipinski definition) is 2. The second-order valence-corrected chi connectivity index (χ2v) is 5.42. The van der Waals surface area contributed by atoms with E-state index in [1.807, 2.05) is 6.92 Å². The number of rotatable bonds is 4. The Hall–Kier alpha value is -1.02. The second-order valence-electron chi connectivity index (χ2n) is 5.42. The Labute approximate surface area is 110 Å². The van der Waals surface area contributed by atoms with Crippen LogP contribution in [0.25, 0.3) is 0 Å². The maximum Gasteiger partial charge on any atom is 0.122 e. The van der Waals surface area contributed by atoms with Gasteiger partial charge in [0.15, 0.2) is 0 Å². The van der Waals surface area contributed by atoms with E-state index in [1.165, 1.54) is 37.7 Å². The van der Waals surface area contributed by atoms with Gasteiger partial charge in [-0.05, 0) is 36.0 Å². The van der Waals surface area contributed by atoms with E-state index in [2.05, 4.69) is 18.2 Å². The first-order valence-electron chi connectivity index (χ1n) is 7.05. The largest absolute Gasteiger partial charge is 0.496 e. The fourth-order valence-electron chi connectivity index (χ4n) is 2.93. The van der Waals surface area contributed by atoms with Crippen LogP contribution in [0.15, 0.2) is 18.2 Å². The first kappa shape index (κ1) is 13.4. The molecule has 1 aliphatic rings. The van der Waals surface area contributed by atoms with Crippen molar-refractivity contribution >= 4 is 0 Å². The van der Waals surface area contributed by atoms with E-state index in [9.17, 15) is 5.11 Å². The van der Waals surface area contributed by atoms with E-state index in [4.69, 9.17) is 4.74 Å². The van der Waals surface area contributed by atoms with E-state index in [0.717, 1.165) is 11.3 Å². The summed E-state index contributed by atoms with van der Waals surface area (Å²) in [6, 6.07) is 6.50. The van der Waals surface area contributed by atoms with Gasteiger partial charge in [-0.2, -0.15) is 0 Å². The van der Waals surface area contributed by atoms with Gasteiger partial charge in [0, 0.05) is 12.5 Å². The molecule has 1 atom stereocenters. The van der Waals surface area contributed by atoms with Crippen LogP contribution in [0.3, 0.4) is 0 Å². The van der Waals surface area contributed by atoms with Crippen LogP contribution in [0.4, 0.5) is 0 Å². The van der Waals surface area contributed by atoms with Crippen molar-refractivity contribution in [2.24, 2.45) is 0 Å². The third-order valence-corrected chi connectivity index (χ3v) is 4.14. The van der Waals surface area contributed by atoms with Gasteiger partial charge >= 0.3 is 0 Å². The molecule has 100 valence electrons. The van der Waals surface area contributed by atoms with Crippen LogP contribution in [0.2, 0.25) is 0 Å². The molecule has 0 heterocycles. The summed E-state index contributed by atoms with van der Waals surface area (Å²) < 4.78 is 5.40. The Morgan fingerprint density at radius 2 is 2.00 bits per heavy atom.